The minimum Gasteiger partial charge on any atom is -0.478 e. The van der Waals surface area contributed by atoms with Crippen LogP contribution in [-0.2, 0) is 24.4 Å². The number of rotatable bonds is 4. The highest BCUT2D eigenvalue weighted by molar-refractivity contribution is 5.87. The molecule has 1 aromatic heterocycles. The SMILES string of the molecule is O=C(O)C(F)(F)F.O=C(O)c1ccc(Cn2cnc3ccc(C#CCN4Cc5ccccc5C4)cc3c2=O)cc1. The zero-order valence-corrected chi connectivity index (χ0v) is 20.9. The fraction of sp³-hybridized carbons (Fsp3) is 0.172. The molecule has 1 aliphatic heterocycles. The van der Waals surface area contributed by atoms with Gasteiger partial charge in [-0.05, 0) is 47.0 Å². The summed E-state index contributed by atoms with van der Waals surface area (Å²) in [5.41, 5.74) is 5.00. The lowest BCUT2D eigenvalue weighted by molar-refractivity contribution is -0.192. The molecule has 8 nitrogen and oxygen atoms in total. The van der Waals surface area contributed by atoms with Crippen LogP contribution >= 0.6 is 0 Å². The number of carbonyl (C=O) groups is 2. The number of hydrogen-bond donors (Lipinski definition) is 2. The molecule has 4 aromatic rings. The Balaban J connectivity index is 0.000000470. The molecule has 5 rings (SSSR count). The molecule has 3 aromatic carbocycles. The van der Waals surface area contributed by atoms with E-state index in [1.54, 1.807) is 18.2 Å². The third kappa shape index (κ3) is 6.92. The molecule has 204 valence electrons. The van der Waals surface area contributed by atoms with Gasteiger partial charge in [0.15, 0.2) is 0 Å². The first-order valence-corrected chi connectivity index (χ1v) is 11.9. The van der Waals surface area contributed by atoms with Gasteiger partial charge in [0.2, 0.25) is 0 Å². The van der Waals surface area contributed by atoms with Gasteiger partial charge < -0.3 is 10.2 Å². The van der Waals surface area contributed by atoms with Crippen LogP contribution in [0.4, 0.5) is 13.2 Å². The fourth-order valence-electron chi connectivity index (χ4n) is 4.07. The van der Waals surface area contributed by atoms with E-state index in [1.165, 1.54) is 34.2 Å². The fourth-order valence-corrected chi connectivity index (χ4v) is 4.07. The first-order chi connectivity index (χ1) is 19.0. The Labute approximate surface area is 225 Å². The smallest absolute Gasteiger partial charge is 0.478 e. The van der Waals surface area contributed by atoms with Gasteiger partial charge in [-0.1, -0.05) is 48.2 Å². The molecule has 0 bridgehead atoms. The number of alkyl halides is 3. The second-order valence-electron chi connectivity index (χ2n) is 8.93. The van der Waals surface area contributed by atoms with E-state index in [-0.39, 0.29) is 11.1 Å². The van der Waals surface area contributed by atoms with Crippen molar-refractivity contribution >= 4 is 22.8 Å². The number of halogens is 3. The van der Waals surface area contributed by atoms with Crippen molar-refractivity contribution in [3.8, 4) is 11.8 Å². The molecular weight excluding hydrogens is 527 g/mol. The van der Waals surface area contributed by atoms with Crippen molar-refractivity contribution < 1.29 is 33.0 Å². The van der Waals surface area contributed by atoms with Crippen molar-refractivity contribution in [2.45, 2.75) is 25.8 Å². The van der Waals surface area contributed by atoms with Crippen LogP contribution in [-0.4, -0.2) is 49.3 Å². The molecule has 0 saturated carbocycles. The summed E-state index contributed by atoms with van der Waals surface area (Å²) in [5.74, 6) is 2.68. The normalized spacial score (nSPS) is 12.6. The Bertz CT molecular complexity index is 1660. The van der Waals surface area contributed by atoms with Gasteiger partial charge in [-0.2, -0.15) is 13.2 Å². The van der Waals surface area contributed by atoms with Crippen LogP contribution in [0.25, 0.3) is 10.9 Å². The van der Waals surface area contributed by atoms with Crippen molar-refractivity contribution in [1.29, 1.82) is 0 Å². The van der Waals surface area contributed by atoms with Gasteiger partial charge in [-0.3, -0.25) is 14.3 Å². The highest BCUT2D eigenvalue weighted by Crippen LogP contribution is 2.21. The van der Waals surface area contributed by atoms with Crippen LogP contribution < -0.4 is 5.56 Å². The highest BCUT2D eigenvalue weighted by atomic mass is 19.4. The zero-order valence-electron chi connectivity index (χ0n) is 20.9. The first kappa shape index (κ1) is 28.1. The van der Waals surface area contributed by atoms with E-state index < -0.39 is 18.1 Å². The topological polar surface area (TPSA) is 113 Å². The summed E-state index contributed by atoms with van der Waals surface area (Å²) in [4.78, 5) is 39.7. The highest BCUT2D eigenvalue weighted by Gasteiger charge is 2.38. The standard InChI is InChI=1S/C27H21N3O3.C2HF3O2/c31-26-24-14-19(4-3-13-29-16-22-5-1-2-6-23(22)17-29)9-12-25(24)28-18-30(26)15-20-7-10-21(11-8-20)27(32)33;3-2(4,5)1(6)7/h1-2,5-12,14,18H,13,15-17H2,(H,32,33);(H,6,7). The average Bonchev–Trinajstić information content (AvgIpc) is 3.33. The minimum absolute atomic E-state index is 0.152. The van der Waals surface area contributed by atoms with Gasteiger partial charge in [0.25, 0.3) is 5.56 Å². The maximum absolute atomic E-state index is 13.0. The van der Waals surface area contributed by atoms with Gasteiger partial charge in [-0.25, -0.2) is 14.6 Å². The number of aromatic nitrogens is 2. The van der Waals surface area contributed by atoms with Crippen molar-refractivity contribution in [3.63, 3.8) is 0 Å². The quantitative estimate of drug-likeness (QED) is 0.368. The van der Waals surface area contributed by atoms with Crippen molar-refractivity contribution in [2.24, 2.45) is 0 Å². The Kier molecular flexibility index (Phi) is 8.31. The van der Waals surface area contributed by atoms with Crippen molar-refractivity contribution in [2.75, 3.05) is 6.54 Å². The Morgan fingerprint density at radius 3 is 2.15 bits per heavy atom. The lowest BCUT2D eigenvalue weighted by Gasteiger charge is -2.09. The van der Waals surface area contributed by atoms with Gasteiger partial charge in [0.05, 0.1) is 35.9 Å². The Hall–Kier alpha value is -4.95. The minimum atomic E-state index is -5.08. The van der Waals surface area contributed by atoms with Crippen LogP contribution in [0.2, 0.25) is 0 Å². The van der Waals surface area contributed by atoms with E-state index in [1.807, 2.05) is 12.1 Å². The third-order valence-corrected chi connectivity index (χ3v) is 6.06. The summed E-state index contributed by atoms with van der Waals surface area (Å²) in [6.45, 7) is 2.79. The molecule has 2 heterocycles. The summed E-state index contributed by atoms with van der Waals surface area (Å²) in [7, 11) is 0. The van der Waals surface area contributed by atoms with Gasteiger partial charge in [-0.15, -0.1) is 0 Å². The number of aliphatic carboxylic acids is 1. The predicted octanol–water partition coefficient (Wildman–Crippen LogP) is 4.14. The second kappa shape index (κ2) is 11.8. The molecule has 0 spiro atoms. The van der Waals surface area contributed by atoms with Gasteiger partial charge >= 0.3 is 18.1 Å². The number of carboxylic acids is 2. The lowest BCUT2D eigenvalue weighted by Crippen LogP contribution is -2.21. The van der Waals surface area contributed by atoms with E-state index in [9.17, 15) is 22.8 Å². The number of carboxylic acid groups (broad SMARTS) is 2. The summed E-state index contributed by atoms with van der Waals surface area (Å²) in [6, 6.07) is 20.4. The van der Waals surface area contributed by atoms with E-state index in [0.29, 0.717) is 24.0 Å². The summed E-state index contributed by atoms with van der Waals surface area (Å²) in [5, 5.41) is 16.7. The van der Waals surface area contributed by atoms with Crippen LogP contribution in [0.1, 0.15) is 32.6 Å². The van der Waals surface area contributed by atoms with Crippen LogP contribution in [0.5, 0.6) is 0 Å². The number of benzene rings is 3. The summed E-state index contributed by atoms with van der Waals surface area (Å²) < 4.78 is 33.3. The van der Waals surface area contributed by atoms with Crippen LogP contribution in [0.3, 0.4) is 0 Å². The first-order valence-electron chi connectivity index (χ1n) is 11.9. The zero-order chi connectivity index (χ0) is 28.9. The van der Waals surface area contributed by atoms with Gasteiger partial charge in [0.1, 0.15) is 0 Å². The molecule has 1 aliphatic rings. The molecule has 0 fully saturated rings. The number of nitrogens with zero attached hydrogens (tertiary/aromatic N) is 3. The predicted molar refractivity (Wildman–Crippen MR) is 140 cm³/mol. The lowest BCUT2D eigenvalue weighted by atomic mass is 10.1. The molecule has 0 saturated heterocycles. The molecular formula is C29H22F3N3O5. The Morgan fingerprint density at radius 2 is 1.57 bits per heavy atom. The molecule has 40 heavy (non-hydrogen) atoms. The van der Waals surface area contributed by atoms with E-state index in [2.05, 4.69) is 46.0 Å². The maximum atomic E-state index is 13.0. The molecule has 0 atom stereocenters. The summed E-state index contributed by atoms with van der Waals surface area (Å²) in [6.07, 6.45) is -3.56. The van der Waals surface area contributed by atoms with Crippen molar-refractivity contribution in [3.05, 3.63) is 111 Å². The molecule has 2 N–H and O–H groups in total. The third-order valence-electron chi connectivity index (χ3n) is 6.06. The average molecular weight is 550 g/mol. The number of hydrogen-bond acceptors (Lipinski definition) is 5. The van der Waals surface area contributed by atoms with Gasteiger partial charge in [0, 0.05) is 18.7 Å². The van der Waals surface area contributed by atoms with Crippen LogP contribution in [0.15, 0.2) is 77.9 Å². The molecule has 0 unspecified atom stereocenters. The number of aromatic carboxylic acids is 1. The maximum Gasteiger partial charge on any atom is 0.490 e. The monoisotopic (exact) mass is 549 g/mol. The molecule has 11 heteroatoms. The Morgan fingerprint density at radius 1 is 0.950 bits per heavy atom. The number of fused-ring (bicyclic) bond motifs is 2. The molecule has 0 amide bonds. The van der Waals surface area contributed by atoms with E-state index >= 15 is 0 Å². The second-order valence-corrected chi connectivity index (χ2v) is 8.93. The largest absolute Gasteiger partial charge is 0.490 e. The van der Waals surface area contributed by atoms with Crippen molar-refractivity contribution in [1.82, 2.24) is 14.5 Å². The molecule has 0 radical (unpaired) electrons. The summed E-state index contributed by atoms with van der Waals surface area (Å²) >= 11 is 0. The van der Waals surface area contributed by atoms with Crippen LogP contribution in [0, 0.1) is 11.8 Å². The van der Waals surface area contributed by atoms with E-state index in [4.69, 9.17) is 15.0 Å². The molecule has 0 aliphatic carbocycles. The van der Waals surface area contributed by atoms with E-state index in [0.717, 1.165) is 24.2 Å².